The molecule has 0 aliphatic heterocycles. The second-order valence-electron chi connectivity index (χ2n) is 4.26. The quantitative estimate of drug-likeness (QED) is 0.807. The van der Waals surface area contributed by atoms with Crippen LogP contribution in [0.25, 0.3) is 0 Å². The molecule has 0 amide bonds. The number of ether oxygens (including phenoxy) is 1. The van der Waals surface area contributed by atoms with E-state index in [1.54, 1.807) is 13.3 Å². The van der Waals surface area contributed by atoms with Gasteiger partial charge in [-0.05, 0) is 31.4 Å². The van der Waals surface area contributed by atoms with E-state index in [0.29, 0.717) is 12.0 Å². The van der Waals surface area contributed by atoms with Gasteiger partial charge in [-0.1, -0.05) is 13.8 Å². The molecule has 84 valence electrons. The van der Waals surface area contributed by atoms with E-state index in [9.17, 15) is 0 Å². The Morgan fingerprint density at radius 3 is 2.53 bits per heavy atom. The fourth-order valence-corrected chi connectivity index (χ4v) is 1.60. The molecule has 0 fully saturated rings. The van der Waals surface area contributed by atoms with Crippen LogP contribution in [0.1, 0.15) is 27.2 Å². The predicted octanol–water partition coefficient (Wildman–Crippen LogP) is 2.94. The van der Waals surface area contributed by atoms with E-state index < -0.39 is 0 Å². The summed E-state index contributed by atoms with van der Waals surface area (Å²) in [5.74, 6) is 2.40. The minimum absolute atomic E-state index is 0.450. The zero-order valence-electron chi connectivity index (χ0n) is 9.95. The third-order valence-electron chi connectivity index (χ3n) is 2.19. The summed E-state index contributed by atoms with van der Waals surface area (Å²) in [4.78, 5) is 4.26. The summed E-state index contributed by atoms with van der Waals surface area (Å²) >= 11 is 0. The second-order valence-corrected chi connectivity index (χ2v) is 4.26. The van der Waals surface area contributed by atoms with Crippen molar-refractivity contribution < 1.29 is 4.74 Å². The summed E-state index contributed by atoms with van der Waals surface area (Å²) in [7, 11) is 1.64. The molecular formula is C12H20N2O. The van der Waals surface area contributed by atoms with Crippen LogP contribution in [0.2, 0.25) is 0 Å². The molecule has 1 aromatic heterocycles. The molecule has 0 bridgehead atoms. The van der Waals surface area contributed by atoms with Gasteiger partial charge in [0.15, 0.2) is 0 Å². The van der Waals surface area contributed by atoms with E-state index in [0.717, 1.165) is 18.0 Å². The minimum atomic E-state index is 0.450. The highest BCUT2D eigenvalue weighted by Gasteiger charge is 2.05. The van der Waals surface area contributed by atoms with Gasteiger partial charge in [0.05, 0.1) is 13.3 Å². The van der Waals surface area contributed by atoms with Crippen LogP contribution in [0.15, 0.2) is 18.3 Å². The lowest BCUT2D eigenvalue weighted by molar-refractivity contribution is 0.413. The largest absolute Gasteiger partial charge is 0.495 e. The van der Waals surface area contributed by atoms with Crippen LogP contribution in [-0.2, 0) is 0 Å². The van der Waals surface area contributed by atoms with Crippen molar-refractivity contribution in [3.63, 3.8) is 0 Å². The van der Waals surface area contributed by atoms with Crippen molar-refractivity contribution in [3.8, 4) is 5.75 Å². The number of hydrogen-bond donors (Lipinski definition) is 1. The van der Waals surface area contributed by atoms with Crippen LogP contribution >= 0.6 is 0 Å². The lowest BCUT2D eigenvalue weighted by atomic mass is 10.1. The average Bonchev–Trinajstić information content (AvgIpc) is 2.17. The number of nitrogens with one attached hydrogen (secondary N) is 1. The van der Waals surface area contributed by atoms with Gasteiger partial charge in [-0.25, -0.2) is 4.98 Å². The molecule has 0 saturated carbocycles. The predicted molar refractivity (Wildman–Crippen MR) is 63.3 cm³/mol. The van der Waals surface area contributed by atoms with Crippen molar-refractivity contribution in [3.05, 3.63) is 18.3 Å². The molecule has 1 atom stereocenters. The summed E-state index contributed by atoms with van der Waals surface area (Å²) in [5.41, 5.74) is 0. The summed E-state index contributed by atoms with van der Waals surface area (Å²) in [5, 5.41) is 3.36. The Morgan fingerprint density at radius 2 is 2.07 bits per heavy atom. The SMILES string of the molecule is COc1ccc(NC(C)CC(C)C)nc1. The summed E-state index contributed by atoms with van der Waals surface area (Å²) in [6.07, 6.45) is 2.87. The third-order valence-corrected chi connectivity index (χ3v) is 2.19. The minimum Gasteiger partial charge on any atom is -0.495 e. The van der Waals surface area contributed by atoms with Crippen molar-refractivity contribution in [2.24, 2.45) is 5.92 Å². The van der Waals surface area contributed by atoms with Gasteiger partial charge in [0.25, 0.3) is 0 Å². The molecule has 1 unspecified atom stereocenters. The van der Waals surface area contributed by atoms with Crippen LogP contribution in [-0.4, -0.2) is 18.1 Å². The van der Waals surface area contributed by atoms with Gasteiger partial charge >= 0.3 is 0 Å². The first-order chi connectivity index (χ1) is 7.11. The molecule has 0 aromatic carbocycles. The van der Waals surface area contributed by atoms with E-state index in [1.807, 2.05) is 12.1 Å². The molecule has 0 saturated heterocycles. The summed E-state index contributed by atoms with van der Waals surface area (Å²) in [6.45, 7) is 6.62. The summed E-state index contributed by atoms with van der Waals surface area (Å²) < 4.78 is 5.05. The van der Waals surface area contributed by atoms with Crippen molar-refractivity contribution in [2.75, 3.05) is 12.4 Å². The molecule has 1 aromatic rings. The maximum absolute atomic E-state index is 5.05. The number of hydrogen-bond acceptors (Lipinski definition) is 3. The van der Waals surface area contributed by atoms with Crippen LogP contribution in [0.3, 0.4) is 0 Å². The van der Waals surface area contributed by atoms with Crippen molar-refractivity contribution in [1.82, 2.24) is 4.98 Å². The smallest absolute Gasteiger partial charge is 0.137 e. The highest BCUT2D eigenvalue weighted by molar-refractivity contribution is 5.38. The van der Waals surface area contributed by atoms with E-state index in [2.05, 4.69) is 31.1 Å². The molecule has 0 radical (unpaired) electrons. The van der Waals surface area contributed by atoms with Gasteiger partial charge in [-0.15, -0.1) is 0 Å². The molecule has 3 heteroatoms. The zero-order valence-corrected chi connectivity index (χ0v) is 9.95. The average molecular weight is 208 g/mol. The van der Waals surface area contributed by atoms with Crippen LogP contribution in [0.4, 0.5) is 5.82 Å². The van der Waals surface area contributed by atoms with E-state index in [1.165, 1.54) is 0 Å². The van der Waals surface area contributed by atoms with Crippen molar-refractivity contribution >= 4 is 5.82 Å². The standard InChI is InChI=1S/C12H20N2O/c1-9(2)7-10(3)14-12-6-5-11(15-4)8-13-12/h5-6,8-10H,7H2,1-4H3,(H,13,14). The fraction of sp³-hybridized carbons (Fsp3) is 0.583. The number of anilines is 1. The maximum Gasteiger partial charge on any atom is 0.137 e. The Kier molecular flexibility index (Phi) is 4.40. The number of pyridine rings is 1. The maximum atomic E-state index is 5.05. The number of methoxy groups -OCH3 is 1. The fourth-order valence-electron chi connectivity index (χ4n) is 1.60. The molecule has 0 aliphatic rings. The molecule has 1 N–H and O–H groups in total. The highest BCUT2D eigenvalue weighted by atomic mass is 16.5. The molecule has 1 heterocycles. The van der Waals surface area contributed by atoms with Gasteiger partial charge < -0.3 is 10.1 Å². The number of aromatic nitrogens is 1. The lowest BCUT2D eigenvalue weighted by Gasteiger charge is -2.16. The topological polar surface area (TPSA) is 34.1 Å². The van der Waals surface area contributed by atoms with E-state index in [-0.39, 0.29) is 0 Å². The first kappa shape index (κ1) is 11.8. The van der Waals surface area contributed by atoms with Crippen molar-refractivity contribution in [2.45, 2.75) is 33.2 Å². The Morgan fingerprint density at radius 1 is 1.33 bits per heavy atom. The summed E-state index contributed by atoms with van der Waals surface area (Å²) in [6, 6.07) is 4.30. The van der Waals surface area contributed by atoms with Gasteiger partial charge in [0.2, 0.25) is 0 Å². The lowest BCUT2D eigenvalue weighted by Crippen LogP contribution is -2.18. The van der Waals surface area contributed by atoms with E-state index in [4.69, 9.17) is 4.74 Å². The monoisotopic (exact) mass is 208 g/mol. The van der Waals surface area contributed by atoms with Gasteiger partial charge in [-0.3, -0.25) is 0 Å². The van der Waals surface area contributed by atoms with Gasteiger partial charge in [-0.2, -0.15) is 0 Å². The van der Waals surface area contributed by atoms with Crippen LogP contribution in [0, 0.1) is 5.92 Å². The number of rotatable bonds is 5. The Hall–Kier alpha value is -1.25. The molecule has 0 spiro atoms. The Labute approximate surface area is 91.9 Å². The second kappa shape index (κ2) is 5.59. The molecule has 1 rings (SSSR count). The normalized spacial score (nSPS) is 12.6. The third kappa shape index (κ3) is 4.19. The molecule has 0 aliphatic carbocycles. The Bertz CT molecular complexity index is 282. The van der Waals surface area contributed by atoms with Crippen molar-refractivity contribution in [1.29, 1.82) is 0 Å². The van der Waals surface area contributed by atoms with E-state index >= 15 is 0 Å². The molecule has 3 nitrogen and oxygen atoms in total. The van der Waals surface area contributed by atoms with Crippen LogP contribution in [0.5, 0.6) is 5.75 Å². The first-order valence-electron chi connectivity index (χ1n) is 5.38. The van der Waals surface area contributed by atoms with Crippen LogP contribution < -0.4 is 10.1 Å². The number of nitrogens with zero attached hydrogens (tertiary/aromatic N) is 1. The first-order valence-corrected chi connectivity index (χ1v) is 5.38. The zero-order chi connectivity index (χ0) is 11.3. The highest BCUT2D eigenvalue weighted by Crippen LogP contribution is 2.14. The molecule has 15 heavy (non-hydrogen) atoms. The van der Waals surface area contributed by atoms with Gasteiger partial charge in [0.1, 0.15) is 11.6 Å². The molecular weight excluding hydrogens is 188 g/mol. The Balaban J connectivity index is 2.49. The van der Waals surface area contributed by atoms with Gasteiger partial charge in [0, 0.05) is 6.04 Å².